The van der Waals surface area contributed by atoms with Crippen molar-refractivity contribution < 1.29 is 23.9 Å². The van der Waals surface area contributed by atoms with Gasteiger partial charge in [-0.1, -0.05) is 39.0 Å². The van der Waals surface area contributed by atoms with Gasteiger partial charge in [0, 0.05) is 28.1 Å². The average Bonchev–Trinajstić information content (AvgIpc) is 2.75. The maximum Gasteiger partial charge on any atom is 0.339 e. The van der Waals surface area contributed by atoms with E-state index < -0.39 is 11.4 Å². The van der Waals surface area contributed by atoms with Gasteiger partial charge in [0.25, 0.3) is 5.91 Å². The smallest absolute Gasteiger partial charge is 0.339 e. The Morgan fingerprint density at radius 3 is 2.41 bits per heavy atom. The number of carbonyl (C=O) groups is 4. The van der Waals surface area contributed by atoms with Gasteiger partial charge in [-0.2, -0.15) is 0 Å². The molecule has 2 aromatic carbocycles. The van der Waals surface area contributed by atoms with Crippen LogP contribution in [0.25, 0.3) is 0 Å². The van der Waals surface area contributed by atoms with Crippen LogP contribution in [0.4, 0.5) is 5.69 Å². The van der Waals surface area contributed by atoms with Gasteiger partial charge in [0.05, 0.1) is 11.3 Å². The Labute approximate surface area is 192 Å². The van der Waals surface area contributed by atoms with Gasteiger partial charge in [-0.05, 0) is 37.3 Å². The molecule has 2 aromatic rings. The molecular formula is C24H28N2O5S. The zero-order valence-electron chi connectivity index (χ0n) is 18.7. The first-order chi connectivity index (χ1) is 15.1. The van der Waals surface area contributed by atoms with Crippen LogP contribution in [0.5, 0.6) is 0 Å². The summed E-state index contributed by atoms with van der Waals surface area (Å²) in [5.41, 5.74) is 0.661. The zero-order chi connectivity index (χ0) is 23.7. The van der Waals surface area contributed by atoms with Crippen LogP contribution in [0.2, 0.25) is 0 Å². The summed E-state index contributed by atoms with van der Waals surface area (Å²) >= 11 is 1.18. The van der Waals surface area contributed by atoms with Crippen LogP contribution in [-0.4, -0.2) is 42.5 Å². The fourth-order valence-corrected chi connectivity index (χ4v) is 3.37. The Morgan fingerprint density at radius 1 is 1.00 bits per heavy atom. The number of Topliss-reactive ketones (excluding diaryl/α,β-unsaturated/α-hetero) is 1. The number of amides is 2. The fraction of sp³-hybridized carbons (Fsp3) is 0.333. The van der Waals surface area contributed by atoms with E-state index in [1.165, 1.54) is 11.8 Å². The lowest BCUT2D eigenvalue weighted by Crippen LogP contribution is -2.26. The van der Waals surface area contributed by atoms with Crippen molar-refractivity contribution in [3.63, 3.8) is 0 Å². The largest absolute Gasteiger partial charge is 0.454 e. The molecule has 7 nitrogen and oxygen atoms in total. The van der Waals surface area contributed by atoms with Crippen molar-refractivity contribution in [1.29, 1.82) is 0 Å². The van der Waals surface area contributed by atoms with Crippen molar-refractivity contribution in [3.8, 4) is 0 Å². The van der Waals surface area contributed by atoms with Gasteiger partial charge in [0.1, 0.15) is 0 Å². The molecule has 0 fully saturated rings. The summed E-state index contributed by atoms with van der Waals surface area (Å²) in [5.74, 6) is -1.23. The van der Waals surface area contributed by atoms with E-state index in [1.54, 1.807) is 69.3 Å². The minimum atomic E-state index is -0.610. The highest BCUT2D eigenvalue weighted by Gasteiger charge is 2.23. The molecule has 0 radical (unpaired) electrons. The Bertz CT molecular complexity index is 998. The summed E-state index contributed by atoms with van der Waals surface area (Å²) in [6.07, 6.45) is 0. The summed E-state index contributed by atoms with van der Waals surface area (Å²) in [7, 11) is 0. The van der Waals surface area contributed by atoms with Crippen LogP contribution in [-0.2, 0) is 14.3 Å². The molecule has 0 aliphatic carbocycles. The third-order valence-corrected chi connectivity index (χ3v) is 5.46. The van der Waals surface area contributed by atoms with E-state index in [4.69, 9.17) is 4.74 Å². The van der Waals surface area contributed by atoms with Crippen molar-refractivity contribution in [1.82, 2.24) is 5.32 Å². The van der Waals surface area contributed by atoms with E-state index in [1.807, 2.05) is 6.92 Å². The van der Waals surface area contributed by atoms with Gasteiger partial charge in [-0.25, -0.2) is 4.79 Å². The van der Waals surface area contributed by atoms with E-state index in [0.717, 1.165) is 0 Å². The molecule has 0 saturated carbocycles. The van der Waals surface area contributed by atoms with Gasteiger partial charge >= 0.3 is 5.97 Å². The quantitative estimate of drug-likeness (QED) is 0.438. The maximum absolute atomic E-state index is 12.5. The second-order valence-corrected chi connectivity index (χ2v) is 9.04. The molecule has 2 rings (SSSR count). The van der Waals surface area contributed by atoms with Gasteiger partial charge in [-0.3, -0.25) is 14.4 Å². The highest BCUT2D eigenvalue weighted by Crippen LogP contribution is 2.24. The monoisotopic (exact) mass is 456 g/mol. The molecule has 0 saturated heterocycles. The Balaban J connectivity index is 1.98. The lowest BCUT2D eigenvalue weighted by molar-refractivity contribution is -0.129. The number of carbonyl (C=O) groups excluding carboxylic acids is 4. The van der Waals surface area contributed by atoms with Gasteiger partial charge < -0.3 is 15.4 Å². The number of nitrogens with one attached hydrogen (secondary N) is 2. The molecule has 2 N–H and O–H groups in total. The molecule has 0 unspecified atom stereocenters. The molecule has 32 heavy (non-hydrogen) atoms. The van der Waals surface area contributed by atoms with Crippen LogP contribution in [0, 0.1) is 5.41 Å². The number of esters is 1. The third-order valence-electron chi connectivity index (χ3n) is 4.38. The number of ether oxygens (including phenoxy) is 1. The summed E-state index contributed by atoms with van der Waals surface area (Å²) in [4.78, 5) is 49.4. The minimum Gasteiger partial charge on any atom is -0.454 e. The van der Waals surface area contributed by atoms with Gasteiger partial charge in [0.2, 0.25) is 5.91 Å². The summed E-state index contributed by atoms with van der Waals surface area (Å²) in [5, 5.41) is 5.46. The predicted molar refractivity (Wildman–Crippen MR) is 125 cm³/mol. The number of ketones is 1. The van der Waals surface area contributed by atoms with Crippen molar-refractivity contribution in [2.45, 2.75) is 32.6 Å². The summed E-state index contributed by atoms with van der Waals surface area (Å²) in [6.45, 7) is 7.32. The first-order valence-corrected chi connectivity index (χ1v) is 11.2. The Hall–Kier alpha value is -3.13. The van der Waals surface area contributed by atoms with Crippen LogP contribution in [0.1, 0.15) is 48.4 Å². The first-order valence-electron chi connectivity index (χ1n) is 10.2. The number of rotatable bonds is 9. The number of hydrogen-bond acceptors (Lipinski definition) is 6. The van der Waals surface area contributed by atoms with Gasteiger partial charge in [0.15, 0.2) is 12.4 Å². The Kier molecular flexibility index (Phi) is 9.02. The number of thioether (sulfide) groups is 1. The summed E-state index contributed by atoms with van der Waals surface area (Å²) in [6, 6.07) is 13.4. The molecule has 0 spiro atoms. The van der Waals surface area contributed by atoms with E-state index in [2.05, 4.69) is 10.6 Å². The highest BCUT2D eigenvalue weighted by atomic mass is 32.2. The molecule has 170 valence electrons. The van der Waals surface area contributed by atoms with Crippen LogP contribution >= 0.6 is 11.8 Å². The Morgan fingerprint density at radius 2 is 1.72 bits per heavy atom. The topological polar surface area (TPSA) is 102 Å². The van der Waals surface area contributed by atoms with Crippen molar-refractivity contribution in [2.24, 2.45) is 5.41 Å². The molecule has 0 heterocycles. The maximum atomic E-state index is 12.5. The van der Waals surface area contributed by atoms with E-state index in [0.29, 0.717) is 28.3 Å². The van der Waals surface area contributed by atoms with Crippen LogP contribution in [0.3, 0.4) is 0 Å². The van der Waals surface area contributed by atoms with Crippen LogP contribution < -0.4 is 10.6 Å². The molecular weight excluding hydrogens is 428 g/mol. The lowest BCUT2D eigenvalue weighted by atomic mass is 9.91. The molecule has 0 aromatic heterocycles. The molecule has 0 atom stereocenters. The second kappa shape index (κ2) is 11.5. The van der Waals surface area contributed by atoms with Gasteiger partial charge in [-0.15, -0.1) is 11.8 Å². The predicted octanol–water partition coefficient (Wildman–Crippen LogP) is 3.94. The minimum absolute atomic E-state index is 0.0522. The molecule has 0 aliphatic heterocycles. The second-order valence-electron chi connectivity index (χ2n) is 8.02. The molecule has 8 heteroatoms. The number of anilines is 1. The van der Waals surface area contributed by atoms with Crippen molar-refractivity contribution in [2.75, 3.05) is 24.2 Å². The SMILES string of the molecule is CCNC(=O)c1cccc(NC(=O)CSc2ccccc2C(=O)OCC(=O)C(C)(C)C)c1. The molecule has 0 aliphatic rings. The normalized spacial score (nSPS) is 10.9. The fourth-order valence-electron chi connectivity index (χ4n) is 2.53. The summed E-state index contributed by atoms with van der Waals surface area (Å²) < 4.78 is 5.17. The molecule has 0 bridgehead atoms. The zero-order valence-corrected chi connectivity index (χ0v) is 19.5. The average molecular weight is 457 g/mol. The highest BCUT2D eigenvalue weighted by molar-refractivity contribution is 8.00. The molecule has 2 amide bonds. The van der Waals surface area contributed by atoms with E-state index in [-0.39, 0.29) is 30.0 Å². The third kappa shape index (κ3) is 7.53. The lowest BCUT2D eigenvalue weighted by Gasteiger charge is -2.16. The number of hydrogen-bond donors (Lipinski definition) is 2. The van der Waals surface area contributed by atoms with E-state index >= 15 is 0 Å². The van der Waals surface area contributed by atoms with Crippen molar-refractivity contribution in [3.05, 3.63) is 59.7 Å². The first kappa shape index (κ1) is 25.1. The van der Waals surface area contributed by atoms with E-state index in [9.17, 15) is 19.2 Å². The standard InChI is InChI=1S/C24H28N2O5S/c1-5-25-22(29)16-9-8-10-17(13-16)26-21(28)15-32-19-12-7-6-11-18(19)23(30)31-14-20(27)24(2,3)4/h6-13H,5,14-15H2,1-4H3,(H,25,29)(H,26,28). The number of benzene rings is 2. The van der Waals surface area contributed by atoms with Crippen LogP contribution in [0.15, 0.2) is 53.4 Å². The van der Waals surface area contributed by atoms with Crippen molar-refractivity contribution >= 4 is 41.0 Å².